The molecule has 0 radical (unpaired) electrons. The van der Waals surface area contributed by atoms with Crippen molar-refractivity contribution >= 4 is 17.3 Å². The summed E-state index contributed by atoms with van der Waals surface area (Å²) in [6.45, 7) is 0. The second-order valence-electron chi connectivity index (χ2n) is 4.47. The maximum absolute atomic E-state index is 11.1. The number of aromatic nitrogens is 2. The standard InChI is InChI=1S/C16H12N2O2S/c19-14(20)9-13-15(12-7-4-8-17-10-12)18-16(21-13)11-5-2-1-3-6-11/h1-8,10H,9H2,(H,19,20). The molecule has 0 saturated heterocycles. The SMILES string of the molecule is O=C(O)Cc1sc(-c2ccccc2)nc1-c1cccnc1. The molecule has 1 aromatic carbocycles. The summed E-state index contributed by atoms with van der Waals surface area (Å²) in [6, 6.07) is 13.5. The summed E-state index contributed by atoms with van der Waals surface area (Å²) < 4.78 is 0. The van der Waals surface area contributed by atoms with Crippen LogP contribution in [0.4, 0.5) is 0 Å². The summed E-state index contributed by atoms with van der Waals surface area (Å²) in [5, 5.41) is 9.91. The molecule has 0 unspecified atom stereocenters. The molecule has 21 heavy (non-hydrogen) atoms. The van der Waals surface area contributed by atoms with E-state index < -0.39 is 5.97 Å². The van der Waals surface area contributed by atoms with E-state index in [2.05, 4.69) is 9.97 Å². The van der Waals surface area contributed by atoms with Crippen molar-refractivity contribution < 1.29 is 9.90 Å². The van der Waals surface area contributed by atoms with Gasteiger partial charge < -0.3 is 5.11 Å². The first kappa shape index (κ1) is 13.5. The lowest BCUT2D eigenvalue weighted by Gasteiger charge is -1.98. The van der Waals surface area contributed by atoms with Crippen molar-refractivity contribution in [1.82, 2.24) is 9.97 Å². The molecule has 1 N–H and O–H groups in total. The quantitative estimate of drug-likeness (QED) is 0.800. The Morgan fingerprint density at radius 2 is 1.86 bits per heavy atom. The first-order valence-corrected chi connectivity index (χ1v) is 7.23. The Morgan fingerprint density at radius 3 is 2.52 bits per heavy atom. The highest BCUT2D eigenvalue weighted by atomic mass is 32.1. The third-order valence-electron chi connectivity index (χ3n) is 2.96. The molecule has 0 bridgehead atoms. The highest BCUT2D eigenvalue weighted by molar-refractivity contribution is 7.15. The number of hydrogen-bond acceptors (Lipinski definition) is 4. The molecule has 3 aromatic rings. The molecule has 0 aliphatic heterocycles. The second-order valence-corrected chi connectivity index (χ2v) is 5.55. The highest BCUT2D eigenvalue weighted by Crippen LogP contribution is 2.33. The van der Waals surface area contributed by atoms with Gasteiger partial charge in [0.15, 0.2) is 0 Å². The zero-order valence-corrected chi connectivity index (χ0v) is 11.9. The zero-order valence-electron chi connectivity index (χ0n) is 11.1. The van der Waals surface area contributed by atoms with Crippen LogP contribution in [0.5, 0.6) is 0 Å². The molecule has 0 aliphatic carbocycles. The van der Waals surface area contributed by atoms with Crippen LogP contribution in [-0.2, 0) is 11.2 Å². The first-order valence-electron chi connectivity index (χ1n) is 6.41. The Morgan fingerprint density at radius 1 is 1.10 bits per heavy atom. The summed E-state index contributed by atoms with van der Waals surface area (Å²) in [5.41, 5.74) is 2.53. The van der Waals surface area contributed by atoms with E-state index in [4.69, 9.17) is 5.11 Å². The van der Waals surface area contributed by atoms with Gasteiger partial charge in [-0.25, -0.2) is 4.98 Å². The van der Waals surface area contributed by atoms with E-state index in [1.807, 2.05) is 42.5 Å². The van der Waals surface area contributed by atoms with E-state index >= 15 is 0 Å². The molecule has 0 aliphatic rings. The van der Waals surface area contributed by atoms with Crippen LogP contribution < -0.4 is 0 Å². The Balaban J connectivity index is 2.10. The van der Waals surface area contributed by atoms with Crippen molar-refractivity contribution in [3.8, 4) is 21.8 Å². The van der Waals surface area contributed by atoms with Gasteiger partial charge in [0.2, 0.25) is 0 Å². The van der Waals surface area contributed by atoms with Crippen LogP contribution in [0, 0.1) is 0 Å². The number of thiazole rings is 1. The molecule has 2 aromatic heterocycles. The fourth-order valence-electron chi connectivity index (χ4n) is 2.04. The molecular formula is C16H12N2O2S. The monoisotopic (exact) mass is 296 g/mol. The molecule has 3 rings (SSSR count). The van der Waals surface area contributed by atoms with Gasteiger partial charge in [-0.15, -0.1) is 11.3 Å². The third-order valence-corrected chi connectivity index (χ3v) is 4.07. The normalized spacial score (nSPS) is 10.5. The minimum absolute atomic E-state index is 0.0330. The van der Waals surface area contributed by atoms with Gasteiger partial charge in [0.1, 0.15) is 5.01 Å². The molecule has 0 atom stereocenters. The topological polar surface area (TPSA) is 63.1 Å². The van der Waals surface area contributed by atoms with Crippen molar-refractivity contribution in [3.63, 3.8) is 0 Å². The summed E-state index contributed by atoms with van der Waals surface area (Å²) >= 11 is 1.42. The maximum Gasteiger partial charge on any atom is 0.308 e. The number of nitrogens with zero attached hydrogens (tertiary/aromatic N) is 2. The van der Waals surface area contributed by atoms with E-state index in [1.165, 1.54) is 11.3 Å². The Bertz CT molecular complexity index is 754. The molecule has 5 heteroatoms. The minimum atomic E-state index is -0.858. The highest BCUT2D eigenvalue weighted by Gasteiger charge is 2.16. The van der Waals surface area contributed by atoms with Gasteiger partial charge in [0, 0.05) is 28.4 Å². The molecule has 0 spiro atoms. The summed E-state index contributed by atoms with van der Waals surface area (Å²) in [4.78, 5) is 20.5. The van der Waals surface area contributed by atoms with E-state index in [0.29, 0.717) is 5.69 Å². The Hall–Kier alpha value is -2.53. The fraction of sp³-hybridized carbons (Fsp3) is 0.0625. The maximum atomic E-state index is 11.1. The van der Waals surface area contributed by atoms with Gasteiger partial charge in [-0.2, -0.15) is 0 Å². The molecule has 0 amide bonds. The average molecular weight is 296 g/mol. The van der Waals surface area contributed by atoms with Crippen molar-refractivity contribution in [2.45, 2.75) is 6.42 Å². The number of hydrogen-bond donors (Lipinski definition) is 1. The molecule has 104 valence electrons. The molecular weight excluding hydrogens is 284 g/mol. The van der Waals surface area contributed by atoms with Crippen LogP contribution in [0.1, 0.15) is 4.88 Å². The predicted octanol–water partition coefficient (Wildman–Crippen LogP) is 3.50. The van der Waals surface area contributed by atoms with Crippen LogP contribution in [0.25, 0.3) is 21.8 Å². The number of benzene rings is 1. The first-order chi connectivity index (χ1) is 10.2. The van der Waals surface area contributed by atoms with Crippen LogP contribution >= 0.6 is 11.3 Å². The summed E-state index contributed by atoms with van der Waals surface area (Å²) in [6.07, 6.45) is 3.36. The van der Waals surface area contributed by atoms with Gasteiger partial charge in [0.25, 0.3) is 0 Å². The third kappa shape index (κ3) is 2.98. The van der Waals surface area contributed by atoms with Gasteiger partial charge in [-0.3, -0.25) is 9.78 Å². The number of aliphatic carboxylic acids is 1. The van der Waals surface area contributed by atoms with Crippen molar-refractivity contribution in [1.29, 1.82) is 0 Å². The van der Waals surface area contributed by atoms with Gasteiger partial charge >= 0.3 is 5.97 Å². The lowest BCUT2D eigenvalue weighted by molar-refractivity contribution is -0.136. The van der Waals surface area contributed by atoms with E-state index in [0.717, 1.165) is 21.0 Å². The van der Waals surface area contributed by atoms with Crippen molar-refractivity contribution in [3.05, 3.63) is 59.7 Å². The summed E-state index contributed by atoms with van der Waals surface area (Å²) in [7, 11) is 0. The average Bonchev–Trinajstić information content (AvgIpc) is 2.92. The van der Waals surface area contributed by atoms with Crippen LogP contribution in [0.2, 0.25) is 0 Å². The molecule has 2 heterocycles. The Labute approximate surface area is 125 Å². The van der Waals surface area contributed by atoms with Crippen LogP contribution in [0.15, 0.2) is 54.9 Å². The Kier molecular flexibility index (Phi) is 3.75. The van der Waals surface area contributed by atoms with E-state index in [1.54, 1.807) is 12.4 Å². The molecule has 0 saturated carbocycles. The predicted molar refractivity (Wildman–Crippen MR) is 82.1 cm³/mol. The summed E-state index contributed by atoms with van der Waals surface area (Å²) in [5.74, 6) is -0.858. The lowest BCUT2D eigenvalue weighted by atomic mass is 10.1. The number of carboxylic acids is 1. The largest absolute Gasteiger partial charge is 0.481 e. The lowest BCUT2D eigenvalue weighted by Crippen LogP contribution is -1.99. The minimum Gasteiger partial charge on any atom is -0.481 e. The smallest absolute Gasteiger partial charge is 0.308 e. The molecule has 0 fully saturated rings. The fourth-order valence-corrected chi connectivity index (χ4v) is 3.12. The van der Waals surface area contributed by atoms with Gasteiger partial charge in [-0.05, 0) is 12.1 Å². The number of carbonyl (C=O) groups is 1. The van der Waals surface area contributed by atoms with Gasteiger partial charge in [0.05, 0.1) is 12.1 Å². The number of pyridine rings is 1. The second kappa shape index (κ2) is 5.85. The van der Waals surface area contributed by atoms with Gasteiger partial charge in [-0.1, -0.05) is 30.3 Å². The number of rotatable bonds is 4. The van der Waals surface area contributed by atoms with Crippen molar-refractivity contribution in [2.24, 2.45) is 0 Å². The zero-order chi connectivity index (χ0) is 14.7. The van der Waals surface area contributed by atoms with Crippen LogP contribution in [-0.4, -0.2) is 21.0 Å². The van der Waals surface area contributed by atoms with Crippen molar-refractivity contribution in [2.75, 3.05) is 0 Å². The molecule has 4 nitrogen and oxygen atoms in total. The van der Waals surface area contributed by atoms with Crippen LogP contribution in [0.3, 0.4) is 0 Å². The number of carboxylic acid groups (broad SMARTS) is 1. The van der Waals surface area contributed by atoms with E-state index in [9.17, 15) is 4.79 Å². The van der Waals surface area contributed by atoms with E-state index in [-0.39, 0.29) is 6.42 Å².